The average molecular weight is 320 g/mol. The Labute approximate surface area is 144 Å². The topological polar surface area (TPSA) is 12.5 Å². The van der Waals surface area contributed by atoms with Crippen molar-refractivity contribution in [3.05, 3.63) is 23.3 Å². The van der Waals surface area contributed by atoms with E-state index in [0.29, 0.717) is 18.1 Å². The summed E-state index contributed by atoms with van der Waals surface area (Å²) in [4.78, 5) is 2.65. The molecule has 1 saturated heterocycles. The Morgan fingerprint density at radius 3 is 2.61 bits per heavy atom. The van der Waals surface area contributed by atoms with Crippen LogP contribution in [-0.4, -0.2) is 36.7 Å². The second-order valence-corrected chi connectivity index (χ2v) is 8.13. The zero-order chi connectivity index (χ0) is 16.8. The molecule has 4 unspecified atom stereocenters. The van der Waals surface area contributed by atoms with E-state index in [1.807, 2.05) is 0 Å². The van der Waals surface area contributed by atoms with Crippen LogP contribution in [0.1, 0.15) is 66.7 Å². The molecular formula is C21H37NO. The van der Waals surface area contributed by atoms with Crippen LogP contribution in [0, 0.1) is 11.8 Å². The average Bonchev–Trinajstić information content (AvgIpc) is 2.50. The number of nitrogens with zero attached hydrogens (tertiary/aromatic N) is 1. The van der Waals surface area contributed by atoms with Crippen molar-refractivity contribution >= 4 is 0 Å². The molecule has 2 heterocycles. The highest BCUT2D eigenvalue weighted by Gasteiger charge is 2.26. The molecule has 0 bridgehead atoms. The number of allylic oxidation sites excluding steroid dienone is 3. The van der Waals surface area contributed by atoms with E-state index in [4.69, 9.17) is 4.74 Å². The zero-order valence-corrected chi connectivity index (χ0v) is 16.0. The molecule has 0 spiro atoms. The molecule has 2 rings (SSSR count). The lowest BCUT2D eigenvalue weighted by atomic mass is 9.93. The van der Waals surface area contributed by atoms with Gasteiger partial charge in [0.05, 0.1) is 12.2 Å². The van der Waals surface area contributed by atoms with Gasteiger partial charge in [-0.3, -0.25) is 0 Å². The molecule has 23 heavy (non-hydrogen) atoms. The molecule has 0 aromatic carbocycles. The van der Waals surface area contributed by atoms with Gasteiger partial charge in [0.1, 0.15) is 0 Å². The highest BCUT2D eigenvalue weighted by Crippen LogP contribution is 2.25. The van der Waals surface area contributed by atoms with Crippen LogP contribution in [0.2, 0.25) is 0 Å². The Bertz CT molecular complexity index is 416. The molecule has 0 aliphatic carbocycles. The van der Waals surface area contributed by atoms with E-state index in [1.165, 1.54) is 44.3 Å². The van der Waals surface area contributed by atoms with Gasteiger partial charge in [0.2, 0.25) is 0 Å². The van der Waals surface area contributed by atoms with E-state index in [0.717, 1.165) is 18.9 Å². The molecule has 0 aromatic rings. The number of rotatable bonds is 2. The van der Waals surface area contributed by atoms with Crippen LogP contribution < -0.4 is 0 Å². The van der Waals surface area contributed by atoms with Gasteiger partial charge in [0.25, 0.3) is 0 Å². The van der Waals surface area contributed by atoms with E-state index in [2.05, 4.69) is 51.7 Å². The van der Waals surface area contributed by atoms with Gasteiger partial charge in [-0.05, 0) is 71.3 Å². The molecule has 0 aromatic heterocycles. The summed E-state index contributed by atoms with van der Waals surface area (Å²) in [6.45, 7) is 15.0. The highest BCUT2D eigenvalue weighted by molar-refractivity contribution is 5.11. The normalized spacial score (nSPS) is 39.7. The maximum Gasteiger partial charge on any atom is 0.0708 e. The molecular weight excluding hydrogens is 282 g/mol. The van der Waals surface area contributed by atoms with Crippen LogP contribution in [0.25, 0.3) is 0 Å². The highest BCUT2D eigenvalue weighted by atomic mass is 16.5. The summed E-state index contributed by atoms with van der Waals surface area (Å²) in [7, 11) is 0. The van der Waals surface area contributed by atoms with Crippen molar-refractivity contribution in [1.82, 2.24) is 4.90 Å². The van der Waals surface area contributed by atoms with Gasteiger partial charge in [0.15, 0.2) is 0 Å². The largest absolute Gasteiger partial charge is 0.374 e. The van der Waals surface area contributed by atoms with Crippen molar-refractivity contribution < 1.29 is 4.74 Å². The summed E-state index contributed by atoms with van der Waals surface area (Å²) < 4.78 is 6.21. The molecule has 4 atom stereocenters. The van der Waals surface area contributed by atoms with Crippen molar-refractivity contribution in [2.45, 2.75) is 78.9 Å². The lowest BCUT2D eigenvalue weighted by Crippen LogP contribution is -2.41. The smallest absolute Gasteiger partial charge is 0.0708 e. The molecule has 132 valence electrons. The van der Waals surface area contributed by atoms with Gasteiger partial charge in [0, 0.05) is 13.1 Å². The third-order valence-electron chi connectivity index (χ3n) is 5.63. The van der Waals surface area contributed by atoms with Gasteiger partial charge < -0.3 is 9.64 Å². The van der Waals surface area contributed by atoms with Crippen molar-refractivity contribution in [2.75, 3.05) is 19.6 Å². The minimum atomic E-state index is 0.427. The second-order valence-electron chi connectivity index (χ2n) is 8.13. The monoisotopic (exact) mass is 319 g/mol. The lowest BCUT2D eigenvalue weighted by Gasteiger charge is -2.35. The minimum Gasteiger partial charge on any atom is -0.374 e. The van der Waals surface area contributed by atoms with E-state index in [9.17, 15) is 0 Å². The summed E-state index contributed by atoms with van der Waals surface area (Å²) >= 11 is 0. The number of hydrogen-bond donors (Lipinski definition) is 0. The SMILES string of the molecule is C/C1=C/CCN(CC2CC(C)CC(C)O2)CCC(C)/C(C)=C/C1. The Hall–Kier alpha value is -0.600. The first-order valence-corrected chi connectivity index (χ1v) is 9.64. The molecule has 0 saturated carbocycles. The maximum atomic E-state index is 6.21. The van der Waals surface area contributed by atoms with Crippen molar-refractivity contribution in [2.24, 2.45) is 11.8 Å². The molecule has 0 N–H and O–H groups in total. The van der Waals surface area contributed by atoms with Crippen LogP contribution >= 0.6 is 0 Å². The van der Waals surface area contributed by atoms with E-state index in [1.54, 1.807) is 5.57 Å². The predicted molar refractivity (Wildman–Crippen MR) is 99.7 cm³/mol. The van der Waals surface area contributed by atoms with E-state index in [-0.39, 0.29) is 0 Å². The summed E-state index contributed by atoms with van der Waals surface area (Å²) in [5, 5.41) is 0. The van der Waals surface area contributed by atoms with Gasteiger partial charge in [-0.2, -0.15) is 0 Å². The Morgan fingerprint density at radius 1 is 1.09 bits per heavy atom. The Kier molecular flexibility index (Phi) is 7.36. The molecule has 2 nitrogen and oxygen atoms in total. The fraction of sp³-hybridized carbons (Fsp3) is 0.810. The van der Waals surface area contributed by atoms with Crippen LogP contribution in [0.15, 0.2) is 23.3 Å². The maximum absolute atomic E-state index is 6.21. The van der Waals surface area contributed by atoms with Crippen LogP contribution in [0.3, 0.4) is 0 Å². The van der Waals surface area contributed by atoms with Crippen molar-refractivity contribution in [3.8, 4) is 0 Å². The Balaban J connectivity index is 1.96. The summed E-state index contributed by atoms with van der Waals surface area (Å²) in [5.74, 6) is 1.49. The van der Waals surface area contributed by atoms with Gasteiger partial charge in [-0.25, -0.2) is 0 Å². The molecule has 0 radical (unpaired) electrons. The van der Waals surface area contributed by atoms with Gasteiger partial charge >= 0.3 is 0 Å². The lowest BCUT2D eigenvalue weighted by molar-refractivity contribution is -0.0711. The summed E-state index contributed by atoms with van der Waals surface area (Å²) in [6, 6.07) is 0. The second kappa shape index (κ2) is 9.03. The fourth-order valence-corrected chi connectivity index (χ4v) is 3.96. The van der Waals surface area contributed by atoms with Crippen molar-refractivity contribution in [1.29, 1.82) is 0 Å². The first kappa shape index (κ1) is 18.7. The quantitative estimate of drug-likeness (QED) is 0.648. The molecule has 1 fully saturated rings. The third kappa shape index (κ3) is 6.43. The molecule has 2 aliphatic rings. The number of ether oxygens (including phenoxy) is 1. The summed E-state index contributed by atoms with van der Waals surface area (Å²) in [5.41, 5.74) is 3.06. The molecule has 2 aliphatic heterocycles. The number of hydrogen-bond acceptors (Lipinski definition) is 2. The zero-order valence-electron chi connectivity index (χ0n) is 16.0. The van der Waals surface area contributed by atoms with Crippen LogP contribution in [-0.2, 0) is 4.74 Å². The fourth-order valence-electron chi connectivity index (χ4n) is 3.96. The van der Waals surface area contributed by atoms with Crippen molar-refractivity contribution in [3.63, 3.8) is 0 Å². The predicted octanol–water partition coefficient (Wildman–Crippen LogP) is 5.20. The minimum absolute atomic E-state index is 0.427. The third-order valence-corrected chi connectivity index (χ3v) is 5.63. The Morgan fingerprint density at radius 2 is 1.87 bits per heavy atom. The van der Waals surface area contributed by atoms with Crippen LogP contribution in [0.5, 0.6) is 0 Å². The van der Waals surface area contributed by atoms with Gasteiger partial charge in [-0.15, -0.1) is 0 Å². The van der Waals surface area contributed by atoms with E-state index >= 15 is 0 Å². The van der Waals surface area contributed by atoms with Gasteiger partial charge in [-0.1, -0.05) is 37.1 Å². The summed E-state index contributed by atoms with van der Waals surface area (Å²) in [6.07, 6.45) is 11.7. The standard InChI is InChI=1S/C21H37NO/c1-16-7-6-11-22(12-10-19(4)18(3)9-8-16)15-21-14-17(2)13-20(5)23-21/h7,9,17,19-21H,6,8,10-15H2,1-5H3/b16-7-,18-9+. The van der Waals surface area contributed by atoms with Crippen LogP contribution in [0.4, 0.5) is 0 Å². The first-order valence-electron chi connectivity index (χ1n) is 9.64. The molecule has 2 heteroatoms. The molecule has 0 amide bonds. The first-order chi connectivity index (χ1) is 10.9. The van der Waals surface area contributed by atoms with E-state index < -0.39 is 0 Å².